The summed E-state index contributed by atoms with van der Waals surface area (Å²) in [6.07, 6.45) is 0.668. The van der Waals surface area contributed by atoms with Crippen LogP contribution in [0.1, 0.15) is 36.5 Å². The summed E-state index contributed by atoms with van der Waals surface area (Å²) in [5.74, 6) is -5.42. The molecule has 0 aromatic heterocycles. The second kappa shape index (κ2) is 8.33. The van der Waals surface area contributed by atoms with E-state index in [1.165, 1.54) is 16.4 Å². The minimum atomic E-state index is -4.09. The Bertz CT molecular complexity index is 1170. The van der Waals surface area contributed by atoms with Gasteiger partial charge in [0.1, 0.15) is 4.90 Å². The Morgan fingerprint density at radius 2 is 1.78 bits per heavy atom. The van der Waals surface area contributed by atoms with Crippen molar-refractivity contribution in [2.45, 2.75) is 49.3 Å². The van der Waals surface area contributed by atoms with Crippen molar-refractivity contribution < 1.29 is 31.5 Å². The van der Waals surface area contributed by atoms with Gasteiger partial charge in [-0.3, -0.25) is 4.79 Å². The Kier molecular flexibility index (Phi) is 6.00. The van der Waals surface area contributed by atoms with Crippen LogP contribution in [0.4, 0.5) is 18.9 Å². The Morgan fingerprint density at radius 3 is 2.41 bits per heavy atom. The Hall–Kier alpha value is -2.14. The van der Waals surface area contributed by atoms with Crippen LogP contribution in [-0.4, -0.2) is 41.9 Å². The number of carbonyl (C=O) groups is 1. The van der Waals surface area contributed by atoms with Gasteiger partial charge in [-0.1, -0.05) is 18.5 Å². The van der Waals surface area contributed by atoms with Gasteiger partial charge >= 0.3 is 0 Å². The molecule has 0 radical (unpaired) electrons. The number of aliphatic hydroxyl groups excluding tert-OH is 1. The molecule has 6 nitrogen and oxygen atoms in total. The van der Waals surface area contributed by atoms with Crippen molar-refractivity contribution in [3.63, 3.8) is 0 Å². The molecule has 4 rings (SSSR count). The van der Waals surface area contributed by atoms with Crippen molar-refractivity contribution in [1.29, 1.82) is 0 Å². The number of benzene rings is 2. The summed E-state index contributed by atoms with van der Waals surface area (Å²) in [6, 6.07) is 4.08. The van der Waals surface area contributed by atoms with Gasteiger partial charge in [0.25, 0.3) is 5.91 Å². The maximum atomic E-state index is 13.5. The second-order valence-corrected chi connectivity index (χ2v) is 10.5. The van der Waals surface area contributed by atoms with E-state index < -0.39 is 39.5 Å². The van der Waals surface area contributed by atoms with E-state index in [9.17, 15) is 31.5 Å². The normalized spacial score (nSPS) is 25.7. The number of hydrogen-bond donors (Lipinski definition) is 2. The quantitative estimate of drug-likeness (QED) is 0.638. The zero-order chi connectivity index (χ0) is 23.4. The fraction of sp³-hybridized carbons (Fsp3) is 0.381. The van der Waals surface area contributed by atoms with Crippen molar-refractivity contribution >= 4 is 33.2 Å². The Labute approximate surface area is 188 Å². The lowest BCUT2D eigenvalue weighted by molar-refractivity contribution is 0.0725. The van der Waals surface area contributed by atoms with E-state index in [2.05, 4.69) is 5.32 Å². The number of sulfonamides is 1. The van der Waals surface area contributed by atoms with Crippen LogP contribution in [0, 0.1) is 23.4 Å². The predicted octanol–water partition coefficient (Wildman–Crippen LogP) is 3.93. The number of aliphatic hydroxyl groups is 1. The van der Waals surface area contributed by atoms with Gasteiger partial charge in [0.2, 0.25) is 10.0 Å². The molecule has 2 heterocycles. The van der Waals surface area contributed by atoms with Crippen LogP contribution in [0.5, 0.6) is 0 Å². The first-order valence-corrected chi connectivity index (χ1v) is 11.8. The molecule has 172 valence electrons. The van der Waals surface area contributed by atoms with E-state index in [4.69, 9.17) is 11.6 Å². The van der Waals surface area contributed by atoms with E-state index in [0.29, 0.717) is 31.4 Å². The topological polar surface area (TPSA) is 86.7 Å². The smallest absolute Gasteiger partial charge is 0.255 e. The summed E-state index contributed by atoms with van der Waals surface area (Å²) in [5, 5.41) is 12.2. The van der Waals surface area contributed by atoms with Gasteiger partial charge in [0, 0.05) is 35.5 Å². The highest BCUT2D eigenvalue weighted by Crippen LogP contribution is 2.44. The molecule has 1 amide bonds. The molecule has 2 N–H and O–H groups in total. The average molecular weight is 489 g/mol. The molecule has 0 spiro atoms. The van der Waals surface area contributed by atoms with E-state index in [1.54, 1.807) is 0 Å². The fourth-order valence-electron chi connectivity index (χ4n) is 4.60. The van der Waals surface area contributed by atoms with Gasteiger partial charge in [-0.15, -0.1) is 0 Å². The van der Waals surface area contributed by atoms with Crippen LogP contribution in [0.2, 0.25) is 5.02 Å². The Morgan fingerprint density at radius 1 is 1.12 bits per heavy atom. The minimum absolute atomic E-state index is 0.0560. The van der Waals surface area contributed by atoms with E-state index in [1.807, 2.05) is 6.92 Å². The van der Waals surface area contributed by atoms with Crippen LogP contribution in [0.15, 0.2) is 35.2 Å². The largest absolute Gasteiger partial charge is 0.393 e. The first-order chi connectivity index (χ1) is 15.0. The van der Waals surface area contributed by atoms with Crippen LogP contribution < -0.4 is 5.32 Å². The molecule has 2 aromatic rings. The average Bonchev–Trinajstić information content (AvgIpc) is 2.93. The number of nitrogens with zero attached hydrogens (tertiary/aromatic N) is 1. The van der Waals surface area contributed by atoms with Gasteiger partial charge in [-0.05, 0) is 43.4 Å². The minimum Gasteiger partial charge on any atom is -0.393 e. The lowest BCUT2D eigenvalue weighted by atomic mass is 9.99. The molecule has 2 saturated heterocycles. The monoisotopic (exact) mass is 488 g/mol. The molecule has 0 aliphatic carbocycles. The lowest BCUT2D eigenvalue weighted by Gasteiger charge is -2.36. The van der Waals surface area contributed by atoms with Crippen molar-refractivity contribution in [3.8, 4) is 0 Å². The Balaban J connectivity index is 1.65. The van der Waals surface area contributed by atoms with Crippen molar-refractivity contribution in [2.75, 3.05) is 5.32 Å². The third-order valence-corrected chi connectivity index (χ3v) is 8.49. The number of hydrogen-bond acceptors (Lipinski definition) is 4. The van der Waals surface area contributed by atoms with Gasteiger partial charge in [-0.25, -0.2) is 21.6 Å². The molecule has 11 heteroatoms. The predicted molar refractivity (Wildman–Crippen MR) is 111 cm³/mol. The molecule has 0 saturated carbocycles. The first kappa shape index (κ1) is 23.0. The van der Waals surface area contributed by atoms with Gasteiger partial charge in [0.05, 0.1) is 11.1 Å². The number of anilines is 1. The maximum absolute atomic E-state index is 13.5. The number of piperidine rings is 1. The highest BCUT2D eigenvalue weighted by atomic mass is 35.5. The number of amides is 1. The van der Waals surface area contributed by atoms with Crippen molar-refractivity contribution in [3.05, 3.63) is 58.4 Å². The highest BCUT2D eigenvalue weighted by Gasteiger charge is 2.50. The zero-order valence-corrected chi connectivity index (χ0v) is 18.4. The number of carbonyl (C=O) groups excluding carboxylic acids is 1. The van der Waals surface area contributed by atoms with Gasteiger partial charge in [0.15, 0.2) is 17.5 Å². The SMILES string of the molecule is C[C@@H]1CC2C[C@@H](O)CC1N2S(=O)(=O)c1cc(C(=O)Nc2cc(F)c(F)c(F)c2)ccc1Cl. The van der Waals surface area contributed by atoms with Crippen LogP contribution in [0.3, 0.4) is 0 Å². The first-order valence-electron chi connectivity index (χ1n) is 9.96. The number of halogens is 4. The molecule has 2 unspecified atom stereocenters. The number of rotatable bonds is 4. The molecule has 2 aliphatic heterocycles. The van der Waals surface area contributed by atoms with Crippen LogP contribution in [0.25, 0.3) is 0 Å². The summed E-state index contributed by atoms with van der Waals surface area (Å²) < 4.78 is 68.3. The standard InChI is InChI=1S/C21H20ClF3N2O4S/c1-10-4-13-8-14(28)9-18(10)27(13)32(30,31)19-5-11(2-3-15(19)22)21(29)26-12-6-16(23)20(25)17(24)7-12/h2-3,5-7,10,13-14,18,28H,4,8-9H2,1H3,(H,26,29)/t10-,13?,14-,18?/m1/s1. The van der Waals surface area contributed by atoms with Crippen LogP contribution in [-0.2, 0) is 10.0 Å². The number of fused-ring (bicyclic) bond motifs is 2. The van der Waals surface area contributed by atoms with E-state index >= 15 is 0 Å². The second-order valence-electron chi connectivity index (χ2n) is 8.25. The summed E-state index contributed by atoms with van der Waals surface area (Å²) in [7, 11) is -4.09. The molecular weight excluding hydrogens is 469 g/mol. The molecule has 2 bridgehead atoms. The van der Waals surface area contributed by atoms with Crippen molar-refractivity contribution in [2.24, 2.45) is 5.92 Å². The molecular formula is C21H20ClF3N2O4S. The highest BCUT2D eigenvalue weighted by molar-refractivity contribution is 7.89. The van der Waals surface area contributed by atoms with Gasteiger partial charge < -0.3 is 10.4 Å². The molecule has 4 atom stereocenters. The fourth-order valence-corrected chi connectivity index (χ4v) is 7.04. The van der Waals surface area contributed by atoms with E-state index in [0.717, 1.165) is 6.07 Å². The number of nitrogens with one attached hydrogen (secondary N) is 1. The third-order valence-electron chi connectivity index (χ3n) is 6.04. The van der Waals surface area contributed by atoms with Crippen molar-refractivity contribution in [1.82, 2.24) is 4.31 Å². The van der Waals surface area contributed by atoms with Crippen LogP contribution >= 0.6 is 11.6 Å². The summed E-state index contributed by atoms with van der Waals surface area (Å²) in [6.45, 7) is 1.93. The summed E-state index contributed by atoms with van der Waals surface area (Å²) in [4.78, 5) is 12.3. The summed E-state index contributed by atoms with van der Waals surface area (Å²) >= 11 is 6.18. The summed E-state index contributed by atoms with van der Waals surface area (Å²) in [5.41, 5.74) is -0.446. The molecule has 2 aromatic carbocycles. The maximum Gasteiger partial charge on any atom is 0.255 e. The molecule has 2 fully saturated rings. The lowest BCUT2D eigenvalue weighted by Crippen LogP contribution is -2.48. The molecule has 2 aliphatic rings. The van der Waals surface area contributed by atoms with E-state index in [-0.39, 0.29) is 39.2 Å². The molecule has 32 heavy (non-hydrogen) atoms. The zero-order valence-electron chi connectivity index (χ0n) is 16.9. The third kappa shape index (κ3) is 4.00. The van der Waals surface area contributed by atoms with Gasteiger partial charge in [-0.2, -0.15) is 4.31 Å².